The molecule has 0 spiro atoms. The second kappa shape index (κ2) is 15.1. The largest absolute Gasteiger partial charge is 0.465 e. The zero-order valence-corrected chi connectivity index (χ0v) is 25.5. The van der Waals surface area contributed by atoms with Crippen LogP contribution in [0.1, 0.15) is 71.2 Å². The third kappa shape index (κ3) is 9.10. The van der Waals surface area contributed by atoms with Crippen LogP contribution in [0.5, 0.6) is 0 Å². The lowest BCUT2D eigenvalue weighted by Crippen LogP contribution is -2.35. The van der Waals surface area contributed by atoms with Crippen molar-refractivity contribution in [2.24, 2.45) is 0 Å². The summed E-state index contributed by atoms with van der Waals surface area (Å²) in [4.78, 5) is 36.3. The number of non-ortho nitro benzene ring substituents is 1. The molecule has 13 heteroatoms. The molecule has 0 saturated heterocycles. The van der Waals surface area contributed by atoms with Crippen LogP contribution in [-0.4, -0.2) is 71.0 Å². The van der Waals surface area contributed by atoms with Gasteiger partial charge in [-0.15, -0.1) is 0 Å². The summed E-state index contributed by atoms with van der Waals surface area (Å²) < 4.78 is 26.7. The molecule has 0 bridgehead atoms. The van der Waals surface area contributed by atoms with Crippen LogP contribution in [0.25, 0.3) is 11.1 Å². The fourth-order valence-electron chi connectivity index (χ4n) is 5.55. The van der Waals surface area contributed by atoms with Crippen molar-refractivity contribution in [1.29, 1.82) is 0 Å². The van der Waals surface area contributed by atoms with Gasteiger partial charge in [0.15, 0.2) is 0 Å². The number of rotatable bonds is 14. The van der Waals surface area contributed by atoms with Crippen molar-refractivity contribution in [2.45, 2.75) is 50.5 Å². The van der Waals surface area contributed by atoms with E-state index in [9.17, 15) is 38.3 Å². The third-order valence-electron chi connectivity index (χ3n) is 8.02. The highest BCUT2D eigenvalue weighted by molar-refractivity contribution is 7.90. The number of hydrogen-bond acceptors (Lipinski definition) is 8. The first kappa shape index (κ1) is 33.6. The summed E-state index contributed by atoms with van der Waals surface area (Å²) in [6.07, 6.45) is 1.93. The van der Waals surface area contributed by atoms with Gasteiger partial charge in [-0.05, 0) is 77.6 Å². The second-order valence-electron chi connectivity index (χ2n) is 11.2. The summed E-state index contributed by atoms with van der Waals surface area (Å²) in [5, 5.41) is 40.1. The second-order valence-corrected chi connectivity index (χ2v) is 13.0. The molecule has 1 aliphatic rings. The van der Waals surface area contributed by atoms with Gasteiger partial charge in [-0.2, -0.15) is 0 Å². The number of nitrogens with zero attached hydrogens (tertiary/aromatic N) is 2. The summed E-state index contributed by atoms with van der Waals surface area (Å²) in [7, 11) is -3.88. The SMILES string of the molecule is O=C(NS(=O)(=O)CCCO)c1ccc(-c2ccc(CCN(C[C@@H](O)c3ccc([N+](=O)[O-])cc3)C(=O)O)cc2)cc1C1CCCC1. The first-order valence-electron chi connectivity index (χ1n) is 14.8. The molecule has 0 aromatic heterocycles. The molecule has 2 amide bonds. The Balaban J connectivity index is 1.44. The molecule has 0 heterocycles. The first-order chi connectivity index (χ1) is 21.5. The Morgan fingerprint density at radius 2 is 1.64 bits per heavy atom. The number of aliphatic hydroxyl groups excluding tert-OH is 2. The number of sulfonamides is 1. The van der Waals surface area contributed by atoms with Crippen LogP contribution in [0.2, 0.25) is 0 Å². The van der Waals surface area contributed by atoms with Crippen LogP contribution in [0, 0.1) is 10.1 Å². The van der Waals surface area contributed by atoms with E-state index in [1.807, 2.05) is 30.3 Å². The van der Waals surface area contributed by atoms with Crippen molar-refractivity contribution < 1.29 is 38.2 Å². The van der Waals surface area contributed by atoms with Crippen LogP contribution in [0.4, 0.5) is 10.5 Å². The Morgan fingerprint density at radius 3 is 2.24 bits per heavy atom. The average Bonchev–Trinajstić information content (AvgIpc) is 3.57. The van der Waals surface area contributed by atoms with Crippen molar-refractivity contribution in [3.8, 4) is 11.1 Å². The summed E-state index contributed by atoms with van der Waals surface area (Å²) >= 11 is 0. The van der Waals surface area contributed by atoms with E-state index < -0.39 is 33.1 Å². The number of carbonyl (C=O) groups is 2. The smallest absolute Gasteiger partial charge is 0.407 e. The van der Waals surface area contributed by atoms with E-state index in [4.69, 9.17) is 5.11 Å². The van der Waals surface area contributed by atoms with Gasteiger partial charge in [0.1, 0.15) is 0 Å². The lowest BCUT2D eigenvalue weighted by Gasteiger charge is -2.22. The van der Waals surface area contributed by atoms with E-state index in [1.165, 1.54) is 24.3 Å². The van der Waals surface area contributed by atoms with E-state index in [0.717, 1.165) is 52.8 Å². The van der Waals surface area contributed by atoms with Gasteiger partial charge in [-0.1, -0.05) is 49.2 Å². The topological polar surface area (TPSA) is 187 Å². The van der Waals surface area contributed by atoms with Gasteiger partial charge in [0, 0.05) is 30.8 Å². The van der Waals surface area contributed by atoms with Crippen LogP contribution < -0.4 is 4.72 Å². The minimum Gasteiger partial charge on any atom is -0.465 e. The Labute approximate surface area is 261 Å². The standard InChI is InChI=1S/C32H37N3O9S/c36-18-3-19-45(43,44)33-31(38)28-15-12-26(20-29(28)24-4-1-2-5-24)23-8-6-22(7-9-23)16-17-34(32(39)40)21-30(37)25-10-13-27(14-11-25)35(41)42/h6-15,20,24,30,36-37H,1-5,16-19,21H2,(H,33,38)(H,39,40)/t30-/m1/s1. The molecule has 1 atom stereocenters. The van der Waals surface area contributed by atoms with E-state index in [0.29, 0.717) is 17.5 Å². The van der Waals surface area contributed by atoms with Gasteiger partial charge in [-0.3, -0.25) is 14.9 Å². The van der Waals surface area contributed by atoms with Crippen LogP contribution in [0.3, 0.4) is 0 Å². The van der Waals surface area contributed by atoms with Crippen LogP contribution in [-0.2, 0) is 16.4 Å². The first-order valence-corrected chi connectivity index (χ1v) is 16.4. The molecule has 240 valence electrons. The van der Waals surface area contributed by atoms with Crippen molar-refractivity contribution in [2.75, 3.05) is 25.4 Å². The molecule has 1 aliphatic carbocycles. The predicted octanol–water partition coefficient (Wildman–Crippen LogP) is 4.62. The third-order valence-corrected chi connectivity index (χ3v) is 9.34. The number of nitrogens with one attached hydrogen (secondary N) is 1. The number of benzene rings is 3. The highest BCUT2D eigenvalue weighted by atomic mass is 32.2. The zero-order chi connectivity index (χ0) is 32.6. The maximum atomic E-state index is 13.0. The van der Waals surface area contributed by atoms with Gasteiger partial charge >= 0.3 is 6.09 Å². The fourth-order valence-corrected chi connectivity index (χ4v) is 6.55. The van der Waals surface area contributed by atoms with E-state index >= 15 is 0 Å². The molecule has 4 N–H and O–H groups in total. The Hall–Kier alpha value is -4.33. The number of nitro benzene ring substituents is 1. The quantitative estimate of drug-likeness (QED) is 0.144. The summed E-state index contributed by atoms with van der Waals surface area (Å²) in [6.45, 7) is -0.367. The molecule has 0 unspecified atom stereocenters. The molecule has 3 aromatic rings. The maximum Gasteiger partial charge on any atom is 0.407 e. The van der Waals surface area contributed by atoms with Crippen molar-refractivity contribution in [3.05, 3.63) is 99.1 Å². The van der Waals surface area contributed by atoms with Gasteiger partial charge in [-0.25, -0.2) is 17.9 Å². The van der Waals surface area contributed by atoms with Gasteiger partial charge < -0.3 is 20.2 Å². The zero-order valence-electron chi connectivity index (χ0n) is 24.7. The lowest BCUT2D eigenvalue weighted by molar-refractivity contribution is -0.384. The van der Waals surface area contributed by atoms with Gasteiger partial charge in [0.25, 0.3) is 11.6 Å². The summed E-state index contributed by atoms with van der Waals surface area (Å²) in [5.74, 6) is -0.893. The Kier molecular flexibility index (Phi) is 11.3. The number of hydrogen-bond donors (Lipinski definition) is 4. The Bertz CT molecular complexity index is 1600. The van der Waals surface area contributed by atoms with E-state index in [-0.39, 0.29) is 43.5 Å². The Morgan fingerprint density at radius 1 is 1.00 bits per heavy atom. The number of carboxylic acid groups (broad SMARTS) is 1. The molecule has 0 radical (unpaired) electrons. The van der Waals surface area contributed by atoms with Crippen LogP contribution >= 0.6 is 0 Å². The molecule has 1 saturated carbocycles. The summed E-state index contributed by atoms with van der Waals surface area (Å²) in [6, 6.07) is 18.2. The predicted molar refractivity (Wildman–Crippen MR) is 167 cm³/mol. The number of carbonyl (C=O) groups excluding carboxylic acids is 1. The van der Waals surface area contributed by atoms with Crippen molar-refractivity contribution in [3.63, 3.8) is 0 Å². The maximum absolute atomic E-state index is 13.0. The minimum atomic E-state index is -3.88. The van der Waals surface area contributed by atoms with Crippen molar-refractivity contribution >= 4 is 27.7 Å². The summed E-state index contributed by atoms with van der Waals surface area (Å²) in [5.41, 5.74) is 3.98. The highest BCUT2D eigenvalue weighted by Gasteiger charge is 2.25. The van der Waals surface area contributed by atoms with E-state index in [1.54, 1.807) is 12.1 Å². The normalized spacial score (nSPS) is 14.2. The highest BCUT2D eigenvalue weighted by Crippen LogP contribution is 2.38. The average molecular weight is 640 g/mol. The molecular weight excluding hydrogens is 602 g/mol. The monoisotopic (exact) mass is 639 g/mol. The molecule has 4 rings (SSSR count). The van der Waals surface area contributed by atoms with Gasteiger partial charge in [0.05, 0.1) is 23.3 Å². The molecule has 0 aliphatic heterocycles. The lowest BCUT2D eigenvalue weighted by atomic mass is 9.89. The number of aliphatic hydroxyl groups is 2. The number of amides is 2. The van der Waals surface area contributed by atoms with E-state index in [2.05, 4.69) is 4.72 Å². The molecule has 45 heavy (non-hydrogen) atoms. The number of nitro groups is 1. The minimum absolute atomic E-state index is 0.0332. The van der Waals surface area contributed by atoms with Gasteiger partial charge in [0.2, 0.25) is 10.0 Å². The van der Waals surface area contributed by atoms with Crippen molar-refractivity contribution in [1.82, 2.24) is 9.62 Å². The fraction of sp³-hybridized carbons (Fsp3) is 0.375. The van der Waals surface area contributed by atoms with Crippen LogP contribution in [0.15, 0.2) is 66.7 Å². The molecule has 3 aromatic carbocycles. The molecule has 12 nitrogen and oxygen atoms in total. The molecular formula is C32H37N3O9S. The molecule has 1 fully saturated rings.